The third kappa shape index (κ3) is 2.71. The van der Waals surface area contributed by atoms with Gasteiger partial charge in [0, 0.05) is 22.4 Å². The highest BCUT2D eigenvalue weighted by atomic mass is 79.9. The molecule has 3 atom stereocenters. The van der Waals surface area contributed by atoms with Crippen LogP contribution in [-0.4, -0.2) is 31.9 Å². The zero-order valence-electron chi connectivity index (χ0n) is 13.3. The summed E-state index contributed by atoms with van der Waals surface area (Å²) in [5.41, 5.74) is 6.96. The first-order valence-electron chi connectivity index (χ1n) is 7.74. The standard InChI is InChI=1S/C18H20BrNO3S/c1-12-2-8-15(9-3-12)24(22,23)17-16(18(17,10-20)11-21)13-4-6-14(19)7-5-13/h2-9,16-17,21H,10-11,20H2,1H3/t16-,17-,18-/m1/s1. The fourth-order valence-corrected chi connectivity index (χ4v) is 6.21. The number of aryl methyl sites for hydroxylation is 1. The zero-order chi connectivity index (χ0) is 17.5. The van der Waals surface area contributed by atoms with Crippen molar-refractivity contribution in [3.63, 3.8) is 0 Å². The Labute approximate surface area is 150 Å². The minimum absolute atomic E-state index is 0.125. The monoisotopic (exact) mass is 409 g/mol. The van der Waals surface area contributed by atoms with E-state index in [-0.39, 0.29) is 24.0 Å². The zero-order valence-corrected chi connectivity index (χ0v) is 15.7. The van der Waals surface area contributed by atoms with Gasteiger partial charge in [0.05, 0.1) is 16.8 Å². The number of aliphatic hydroxyl groups excluding tert-OH is 1. The Morgan fingerprint density at radius 2 is 1.71 bits per heavy atom. The summed E-state index contributed by atoms with van der Waals surface area (Å²) in [5.74, 6) is -0.299. The van der Waals surface area contributed by atoms with E-state index < -0.39 is 20.5 Å². The van der Waals surface area contributed by atoms with Crippen LogP contribution in [0.4, 0.5) is 0 Å². The molecular weight excluding hydrogens is 390 g/mol. The van der Waals surface area contributed by atoms with Gasteiger partial charge in [0.1, 0.15) is 0 Å². The maximum absolute atomic E-state index is 13.1. The Morgan fingerprint density at radius 1 is 1.12 bits per heavy atom. The smallest absolute Gasteiger partial charge is 0.182 e. The van der Waals surface area contributed by atoms with Crippen LogP contribution in [0.25, 0.3) is 0 Å². The van der Waals surface area contributed by atoms with Gasteiger partial charge in [0.25, 0.3) is 0 Å². The molecule has 3 rings (SSSR count). The van der Waals surface area contributed by atoms with E-state index in [1.807, 2.05) is 31.2 Å². The first kappa shape index (κ1) is 17.6. The van der Waals surface area contributed by atoms with Crippen molar-refractivity contribution in [2.45, 2.75) is 23.0 Å². The van der Waals surface area contributed by atoms with Crippen molar-refractivity contribution in [2.24, 2.45) is 11.1 Å². The van der Waals surface area contributed by atoms with Gasteiger partial charge < -0.3 is 10.8 Å². The fourth-order valence-electron chi connectivity index (χ4n) is 3.49. The van der Waals surface area contributed by atoms with Gasteiger partial charge in [0.2, 0.25) is 0 Å². The highest BCUT2D eigenvalue weighted by molar-refractivity contribution is 9.10. The molecule has 2 aromatic rings. The maximum Gasteiger partial charge on any atom is 0.182 e. The predicted octanol–water partition coefficient (Wildman–Crippen LogP) is 2.63. The number of nitrogens with two attached hydrogens (primary N) is 1. The van der Waals surface area contributed by atoms with Gasteiger partial charge in [-0.25, -0.2) is 8.42 Å². The van der Waals surface area contributed by atoms with Crippen LogP contribution in [0.1, 0.15) is 17.0 Å². The molecular formula is C18H20BrNO3S. The number of hydrogen-bond acceptors (Lipinski definition) is 4. The SMILES string of the molecule is Cc1ccc(S(=O)(=O)[C@@H]2[C@@H](c3ccc(Br)cc3)[C@@]2(CN)CO)cc1. The first-order chi connectivity index (χ1) is 11.4. The Kier molecular flexibility index (Phi) is 4.59. The van der Waals surface area contributed by atoms with Gasteiger partial charge in [-0.15, -0.1) is 0 Å². The second-order valence-electron chi connectivity index (χ2n) is 6.40. The molecule has 0 aromatic heterocycles. The van der Waals surface area contributed by atoms with Crippen molar-refractivity contribution >= 4 is 25.8 Å². The number of aliphatic hydroxyl groups is 1. The molecule has 0 bridgehead atoms. The molecule has 0 radical (unpaired) electrons. The molecule has 6 heteroatoms. The molecule has 3 N–H and O–H groups in total. The van der Waals surface area contributed by atoms with Crippen molar-refractivity contribution in [2.75, 3.05) is 13.2 Å². The van der Waals surface area contributed by atoms with Gasteiger partial charge in [0.15, 0.2) is 9.84 Å². The minimum atomic E-state index is -3.57. The lowest BCUT2D eigenvalue weighted by atomic mass is 10.0. The number of hydrogen-bond donors (Lipinski definition) is 2. The molecule has 0 aliphatic heterocycles. The number of sulfone groups is 1. The van der Waals surface area contributed by atoms with E-state index in [1.54, 1.807) is 24.3 Å². The average molecular weight is 410 g/mol. The predicted molar refractivity (Wildman–Crippen MR) is 97.6 cm³/mol. The third-order valence-corrected chi connectivity index (χ3v) is 7.84. The maximum atomic E-state index is 13.1. The Bertz CT molecular complexity index is 828. The molecule has 0 saturated heterocycles. The summed E-state index contributed by atoms with van der Waals surface area (Å²) in [4.78, 5) is 0.281. The number of rotatable bonds is 5. The Balaban J connectivity index is 2.04. The summed E-state index contributed by atoms with van der Waals surface area (Å²) in [6.07, 6.45) is 0. The first-order valence-corrected chi connectivity index (χ1v) is 10.1. The van der Waals surface area contributed by atoms with Crippen molar-refractivity contribution in [1.82, 2.24) is 0 Å². The van der Waals surface area contributed by atoms with Crippen molar-refractivity contribution in [3.05, 3.63) is 64.1 Å². The molecule has 1 saturated carbocycles. The van der Waals surface area contributed by atoms with Crippen LogP contribution in [-0.2, 0) is 9.84 Å². The van der Waals surface area contributed by atoms with Gasteiger partial charge >= 0.3 is 0 Å². The van der Waals surface area contributed by atoms with E-state index in [1.165, 1.54) is 0 Å². The summed E-state index contributed by atoms with van der Waals surface area (Å²) in [5, 5.41) is 9.21. The van der Waals surface area contributed by atoms with Crippen molar-refractivity contribution in [3.8, 4) is 0 Å². The molecule has 4 nitrogen and oxygen atoms in total. The van der Waals surface area contributed by atoms with Crippen LogP contribution in [0.3, 0.4) is 0 Å². The summed E-state index contributed by atoms with van der Waals surface area (Å²) in [6.45, 7) is 1.79. The second kappa shape index (κ2) is 6.26. The second-order valence-corrected chi connectivity index (χ2v) is 9.39. The summed E-state index contributed by atoms with van der Waals surface area (Å²) in [7, 11) is -3.57. The largest absolute Gasteiger partial charge is 0.396 e. The van der Waals surface area contributed by atoms with Crippen LogP contribution < -0.4 is 5.73 Å². The Hall–Kier alpha value is -1.21. The van der Waals surface area contributed by atoms with E-state index in [4.69, 9.17) is 5.73 Å². The lowest BCUT2D eigenvalue weighted by Gasteiger charge is -2.12. The molecule has 0 amide bonds. The topological polar surface area (TPSA) is 80.4 Å². The van der Waals surface area contributed by atoms with Crippen LogP contribution in [0.2, 0.25) is 0 Å². The van der Waals surface area contributed by atoms with Gasteiger partial charge in [-0.2, -0.15) is 0 Å². The molecule has 1 fully saturated rings. The van der Waals surface area contributed by atoms with Gasteiger partial charge in [-0.05, 0) is 36.8 Å². The van der Waals surface area contributed by atoms with Crippen LogP contribution in [0.5, 0.6) is 0 Å². The summed E-state index contributed by atoms with van der Waals surface area (Å²) < 4.78 is 27.2. The van der Waals surface area contributed by atoms with E-state index in [0.717, 1.165) is 15.6 Å². The van der Waals surface area contributed by atoms with Crippen molar-refractivity contribution in [1.29, 1.82) is 0 Å². The van der Waals surface area contributed by atoms with Crippen LogP contribution in [0.15, 0.2) is 57.9 Å². The average Bonchev–Trinajstić information content (AvgIpc) is 3.26. The summed E-state index contributed by atoms with van der Waals surface area (Å²) in [6, 6.07) is 14.4. The summed E-state index contributed by atoms with van der Waals surface area (Å²) >= 11 is 3.38. The molecule has 1 aliphatic rings. The van der Waals surface area contributed by atoms with Crippen molar-refractivity contribution < 1.29 is 13.5 Å². The molecule has 1 aliphatic carbocycles. The van der Waals surface area contributed by atoms with E-state index in [2.05, 4.69) is 15.9 Å². The number of halogens is 1. The normalized spacial score (nSPS) is 26.3. The molecule has 0 spiro atoms. The van der Waals surface area contributed by atoms with Gasteiger partial charge in [-0.3, -0.25) is 0 Å². The molecule has 2 aromatic carbocycles. The fraction of sp³-hybridized carbons (Fsp3) is 0.333. The third-order valence-electron chi connectivity index (χ3n) is 4.97. The van der Waals surface area contributed by atoms with E-state index in [0.29, 0.717) is 0 Å². The van der Waals surface area contributed by atoms with E-state index >= 15 is 0 Å². The molecule has 128 valence electrons. The molecule has 24 heavy (non-hydrogen) atoms. The van der Waals surface area contributed by atoms with Gasteiger partial charge in [-0.1, -0.05) is 45.8 Å². The lowest BCUT2D eigenvalue weighted by Crippen LogP contribution is -2.27. The quantitative estimate of drug-likeness (QED) is 0.794. The molecule has 0 unspecified atom stereocenters. The lowest BCUT2D eigenvalue weighted by molar-refractivity contribution is 0.212. The Morgan fingerprint density at radius 3 is 2.21 bits per heavy atom. The van der Waals surface area contributed by atoms with Crippen LogP contribution in [0, 0.1) is 12.3 Å². The number of benzene rings is 2. The molecule has 0 heterocycles. The van der Waals surface area contributed by atoms with E-state index in [9.17, 15) is 13.5 Å². The highest BCUT2D eigenvalue weighted by Crippen LogP contribution is 2.63. The van der Waals surface area contributed by atoms with Crippen LogP contribution >= 0.6 is 15.9 Å². The highest BCUT2D eigenvalue weighted by Gasteiger charge is 2.70. The minimum Gasteiger partial charge on any atom is -0.396 e.